The van der Waals surface area contributed by atoms with Gasteiger partial charge in [0.05, 0.1) is 29.7 Å². The molecule has 0 bridgehead atoms. The maximum atomic E-state index is 14.0. The molecule has 8 N–H and O–H groups in total. The molecule has 0 aliphatic carbocycles. The predicted octanol–water partition coefficient (Wildman–Crippen LogP) is 7.16. The Balaban J connectivity index is 1.16. The highest BCUT2D eigenvalue weighted by Gasteiger charge is 2.48. The highest BCUT2D eigenvalue weighted by Crippen LogP contribution is 2.45. The van der Waals surface area contributed by atoms with Crippen molar-refractivity contribution in [3.63, 3.8) is 0 Å². The number of amides is 6. The number of nitrogens with one attached hydrogen (secondary N) is 5. The number of anilines is 1. The van der Waals surface area contributed by atoms with Gasteiger partial charge in [0, 0.05) is 69.1 Å². The van der Waals surface area contributed by atoms with Crippen LogP contribution >= 0.6 is 11.6 Å². The Morgan fingerprint density at radius 1 is 0.872 bits per heavy atom. The molecular weight excluding hydrogens is 1130 g/mol. The van der Waals surface area contributed by atoms with Crippen LogP contribution in [0.5, 0.6) is 5.75 Å². The van der Waals surface area contributed by atoms with Crippen molar-refractivity contribution in [2.75, 3.05) is 25.5 Å². The minimum atomic E-state index is -1.28. The normalized spacial score (nSPS) is 20.4. The summed E-state index contributed by atoms with van der Waals surface area (Å²) in [6.45, 7) is 12.3. The van der Waals surface area contributed by atoms with Crippen LogP contribution in [0.2, 0.25) is 5.02 Å². The molecule has 3 aromatic carbocycles. The number of primary amides is 1. The van der Waals surface area contributed by atoms with Gasteiger partial charge < -0.3 is 61.1 Å². The van der Waals surface area contributed by atoms with E-state index in [4.69, 9.17) is 46.1 Å². The second-order valence-electron chi connectivity index (χ2n) is 23.3. The number of esters is 3. The lowest BCUT2D eigenvalue weighted by atomic mass is 9.89. The molecule has 3 aromatic rings. The number of Topliss-reactive ketones (excluding diaryl/α,β-unsaturated/α-hetero) is 1. The Hall–Kier alpha value is -7.85. The summed E-state index contributed by atoms with van der Waals surface area (Å²) >= 11 is 6.38. The van der Waals surface area contributed by atoms with E-state index in [0.29, 0.717) is 40.4 Å². The van der Waals surface area contributed by atoms with Crippen LogP contribution in [-0.2, 0) is 81.5 Å². The van der Waals surface area contributed by atoms with Crippen LogP contribution in [0.4, 0.5) is 10.5 Å². The third-order valence-electron chi connectivity index (χ3n) is 14.8. The van der Waals surface area contributed by atoms with E-state index < -0.39 is 101 Å². The summed E-state index contributed by atoms with van der Waals surface area (Å²) in [5.74, 6) is -6.53. The molecule has 5 rings (SSSR count). The van der Waals surface area contributed by atoms with Crippen molar-refractivity contribution >= 4 is 76.6 Å². The number of carboxylic acid groups (broad SMARTS) is 1. The van der Waals surface area contributed by atoms with Gasteiger partial charge in [-0.25, -0.2) is 9.59 Å². The summed E-state index contributed by atoms with van der Waals surface area (Å²) in [5.41, 5.74) is 7.36. The molecule has 2 heterocycles. The number of hydrogen-bond donors (Lipinski definition) is 7. The van der Waals surface area contributed by atoms with Crippen LogP contribution in [0.1, 0.15) is 135 Å². The summed E-state index contributed by atoms with van der Waals surface area (Å²) in [7, 11) is 1.48. The molecular formula is C63H83ClN6O16. The predicted molar refractivity (Wildman–Crippen MR) is 318 cm³/mol. The molecule has 0 spiro atoms. The van der Waals surface area contributed by atoms with Crippen molar-refractivity contribution in [3.8, 4) is 5.75 Å². The Bertz CT molecular complexity index is 2900. The van der Waals surface area contributed by atoms with Crippen molar-refractivity contribution < 1.29 is 76.7 Å². The number of benzene rings is 3. The minimum Gasteiger partial charge on any atom is -0.495 e. The lowest BCUT2D eigenvalue weighted by molar-refractivity contribution is -0.179. The van der Waals surface area contributed by atoms with Gasteiger partial charge in [0.2, 0.25) is 23.6 Å². The Kier molecular flexibility index (Phi) is 26.6. The first-order valence-electron chi connectivity index (χ1n) is 29.1. The van der Waals surface area contributed by atoms with E-state index in [1.165, 1.54) is 13.2 Å². The van der Waals surface area contributed by atoms with E-state index in [1.807, 2.05) is 45.0 Å². The highest BCUT2D eigenvalue weighted by molar-refractivity contribution is 6.32. The van der Waals surface area contributed by atoms with E-state index in [2.05, 4.69) is 26.6 Å². The zero-order chi connectivity index (χ0) is 63.3. The van der Waals surface area contributed by atoms with Gasteiger partial charge in [0.15, 0.2) is 11.9 Å². The number of methoxy groups -OCH3 is 1. The van der Waals surface area contributed by atoms with Gasteiger partial charge in [-0.3, -0.25) is 38.4 Å². The minimum absolute atomic E-state index is 0.0329. The fourth-order valence-electron chi connectivity index (χ4n) is 9.63. The molecule has 468 valence electrons. The summed E-state index contributed by atoms with van der Waals surface area (Å²) in [6.07, 6.45) is 0.996. The third-order valence-corrected chi connectivity index (χ3v) is 15.1. The average molecular weight is 1220 g/mol. The largest absolute Gasteiger partial charge is 0.495 e. The van der Waals surface area contributed by atoms with Crippen LogP contribution in [0.15, 0.2) is 78.9 Å². The number of rotatable bonds is 28. The number of aliphatic carboxylic acids is 1. The first-order chi connectivity index (χ1) is 40.7. The fraction of sp³-hybridized carbons (Fsp3) is 0.524. The number of carbonyl (C=O) groups excluding carboxylic acids is 9. The first kappa shape index (κ1) is 68.9. The SMILES string of the molecule is COc1ccc(C[C@H]2NC(=O)/C=C/CC([C@H](C)[C@H]3O[C@@H]3c3ccc(CCC(=O)OCc4ccc(NC(=O)[C@H](CCCNC(N)=O)CC(=O)[C@@H](NC(=O)CCCC(=O)O)C(C)C)cc4)cc3)OC(=O)[C@H](CC(C)C)OC(=O)C(C)(C)CNC2=O)cc1Cl. The summed E-state index contributed by atoms with van der Waals surface area (Å²) in [4.78, 5) is 130. The molecule has 1 fully saturated rings. The molecule has 1 saturated heterocycles. The van der Waals surface area contributed by atoms with Gasteiger partial charge in [0.1, 0.15) is 30.6 Å². The van der Waals surface area contributed by atoms with Crippen molar-refractivity contribution in [1.29, 1.82) is 0 Å². The van der Waals surface area contributed by atoms with Crippen molar-refractivity contribution in [2.45, 2.75) is 162 Å². The molecule has 2 aliphatic rings. The summed E-state index contributed by atoms with van der Waals surface area (Å²) in [6, 6.07) is 16.6. The number of nitrogens with two attached hydrogens (primary N) is 1. The van der Waals surface area contributed by atoms with Crippen LogP contribution in [0.25, 0.3) is 0 Å². The molecule has 86 heavy (non-hydrogen) atoms. The number of halogens is 1. The van der Waals surface area contributed by atoms with Gasteiger partial charge in [-0.05, 0) is 110 Å². The number of ketones is 1. The number of aryl methyl sites for hydroxylation is 1. The van der Waals surface area contributed by atoms with Crippen molar-refractivity contribution in [3.05, 3.63) is 106 Å². The van der Waals surface area contributed by atoms with E-state index in [-0.39, 0.29) is 101 Å². The molecule has 8 atom stereocenters. The van der Waals surface area contributed by atoms with Crippen LogP contribution < -0.4 is 37.1 Å². The van der Waals surface area contributed by atoms with Gasteiger partial charge in [0.25, 0.3) is 0 Å². The number of epoxide rings is 1. The quantitative estimate of drug-likeness (QED) is 0.0164. The maximum Gasteiger partial charge on any atom is 0.347 e. The third kappa shape index (κ3) is 22.5. The van der Waals surface area contributed by atoms with Gasteiger partial charge in [-0.1, -0.05) is 94.8 Å². The van der Waals surface area contributed by atoms with Gasteiger partial charge >= 0.3 is 29.9 Å². The van der Waals surface area contributed by atoms with E-state index in [1.54, 1.807) is 76.2 Å². The second-order valence-corrected chi connectivity index (χ2v) is 23.7. The molecule has 1 unspecified atom stereocenters. The van der Waals surface area contributed by atoms with Crippen LogP contribution in [-0.4, -0.2) is 115 Å². The fourth-order valence-corrected chi connectivity index (χ4v) is 9.91. The lowest BCUT2D eigenvalue weighted by Crippen LogP contribution is -2.51. The smallest absolute Gasteiger partial charge is 0.347 e. The van der Waals surface area contributed by atoms with E-state index >= 15 is 0 Å². The van der Waals surface area contributed by atoms with E-state index in [9.17, 15) is 47.9 Å². The van der Waals surface area contributed by atoms with Gasteiger partial charge in [-0.2, -0.15) is 0 Å². The molecule has 23 heteroatoms. The highest BCUT2D eigenvalue weighted by atomic mass is 35.5. The Morgan fingerprint density at radius 3 is 2.20 bits per heavy atom. The zero-order valence-electron chi connectivity index (χ0n) is 50.2. The summed E-state index contributed by atoms with van der Waals surface area (Å²) in [5, 5.41) is 22.8. The molecule has 0 radical (unpaired) electrons. The molecule has 6 amide bonds. The number of urea groups is 1. The van der Waals surface area contributed by atoms with E-state index in [0.717, 1.165) is 11.1 Å². The van der Waals surface area contributed by atoms with Crippen molar-refractivity contribution in [2.24, 2.45) is 34.8 Å². The standard InChI is InChI=1S/C63H83ClN6O16/c1-36(2)30-50-60(79)84-48(13-9-14-51(72)69-46(32-41-21-27-49(82-8)45(64)31-41)59(78)67-35-63(6,7)61(80)85-50)38(5)56-57(86-56)42-23-17-39(18-24-42)22-28-54(76)83-34-40-19-25-44(26-20-40)68-58(77)43(12-11-29-66-62(65)81)33-47(71)55(37(3)4)70-52(73)15-10-16-53(74)75/h9,14,17-21,23-27,31,36-38,43,46,48,50,55-57H,10-13,15-16,22,28-30,32-35H2,1-8H3,(H,67,78)(H,68,77)(H,69,72)(H,70,73)(H,74,75)(H3,65,66,81)/b14-9+/t38-,43+,46+,48?,50-,55-,56+,57+/m0/s1. The second kappa shape index (κ2) is 33.2. The average Bonchev–Trinajstić information content (AvgIpc) is 2.02. The molecule has 22 nitrogen and oxygen atoms in total. The number of hydrogen-bond acceptors (Lipinski definition) is 15. The van der Waals surface area contributed by atoms with Gasteiger partial charge in [-0.15, -0.1) is 0 Å². The van der Waals surface area contributed by atoms with Crippen molar-refractivity contribution in [1.82, 2.24) is 21.3 Å². The zero-order valence-corrected chi connectivity index (χ0v) is 51.0. The Labute approximate surface area is 507 Å². The maximum absolute atomic E-state index is 14.0. The monoisotopic (exact) mass is 1210 g/mol. The Morgan fingerprint density at radius 2 is 1.56 bits per heavy atom. The first-order valence-corrected chi connectivity index (χ1v) is 29.5. The molecule has 0 aromatic heterocycles. The summed E-state index contributed by atoms with van der Waals surface area (Å²) < 4.78 is 29.0. The van der Waals surface area contributed by atoms with Crippen LogP contribution in [0, 0.1) is 29.1 Å². The number of ether oxygens (including phenoxy) is 5. The van der Waals surface area contributed by atoms with Crippen LogP contribution in [0.3, 0.4) is 0 Å². The molecule has 0 saturated carbocycles. The topological polar surface area (TPSA) is 327 Å². The molecule has 2 aliphatic heterocycles. The lowest BCUT2D eigenvalue weighted by Gasteiger charge is -2.29. The number of carbonyl (C=O) groups is 10. The number of cyclic esters (lactones) is 2. The number of carboxylic acids is 1.